The van der Waals surface area contributed by atoms with Gasteiger partial charge >= 0.3 is 0 Å². The lowest BCUT2D eigenvalue weighted by molar-refractivity contribution is -0.164. The van der Waals surface area contributed by atoms with Crippen molar-refractivity contribution < 1.29 is 9.84 Å². The van der Waals surface area contributed by atoms with E-state index in [1.54, 1.807) is 0 Å². The molecule has 2 nitrogen and oxygen atoms in total. The zero-order valence-corrected chi connectivity index (χ0v) is 9.37. The minimum atomic E-state index is -0.482. The summed E-state index contributed by atoms with van der Waals surface area (Å²) < 4.78 is 5.45. The highest BCUT2D eigenvalue weighted by Crippen LogP contribution is 2.21. The molecule has 0 aliphatic carbocycles. The highest BCUT2D eigenvalue weighted by atomic mass is 16.6. The monoisotopic (exact) mass is 200 g/mol. The number of rotatable bonds is 6. The minimum absolute atomic E-state index is 0.334. The molecule has 1 aliphatic rings. The first-order chi connectivity index (χ1) is 6.83. The molecule has 0 aromatic rings. The van der Waals surface area contributed by atoms with Crippen molar-refractivity contribution in [3.8, 4) is 0 Å². The third-order valence-corrected chi connectivity index (χ3v) is 2.96. The molecule has 1 saturated heterocycles. The maximum absolute atomic E-state index is 9.30. The SMILES string of the molecule is CCCCCCCC1CCCC(O)O1. The van der Waals surface area contributed by atoms with Gasteiger partial charge in [-0.1, -0.05) is 39.0 Å². The zero-order valence-electron chi connectivity index (χ0n) is 9.37. The molecule has 84 valence electrons. The van der Waals surface area contributed by atoms with Crippen LogP contribution in [0.4, 0.5) is 0 Å². The van der Waals surface area contributed by atoms with Gasteiger partial charge in [-0.25, -0.2) is 0 Å². The molecular formula is C12H24O2. The zero-order chi connectivity index (χ0) is 10.2. The molecule has 1 rings (SSSR count). The van der Waals surface area contributed by atoms with Gasteiger partial charge < -0.3 is 9.84 Å². The van der Waals surface area contributed by atoms with E-state index in [0.717, 1.165) is 25.7 Å². The van der Waals surface area contributed by atoms with E-state index in [2.05, 4.69) is 6.92 Å². The minimum Gasteiger partial charge on any atom is -0.368 e. The normalized spacial score (nSPS) is 27.9. The fraction of sp³-hybridized carbons (Fsp3) is 1.00. The molecule has 0 aromatic carbocycles. The average Bonchev–Trinajstić information content (AvgIpc) is 2.18. The average molecular weight is 200 g/mol. The number of hydrogen-bond donors (Lipinski definition) is 1. The second-order valence-electron chi connectivity index (χ2n) is 4.35. The van der Waals surface area contributed by atoms with Crippen LogP contribution < -0.4 is 0 Å². The Labute approximate surface area is 87.7 Å². The second kappa shape index (κ2) is 7.24. The van der Waals surface area contributed by atoms with E-state index in [9.17, 15) is 5.11 Å². The number of ether oxygens (including phenoxy) is 1. The number of aliphatic hydroxyl groups excluding tert-OH is 1. The van der Waals surface area contributed by atoms with Gasteiger partial charge in [0.25, 0.3) is 0 Å². The Bertz CT molecular complexity index is 136. The molecule has 1 heterocycles. The van der Waals surface area contributed by atoms with Gasteiger partial charge in [-0.2, -0.15) is 0 Å². The lowest BCUT2D eigenvalue weighted by atomic mass is 10.0. The Morgan fingerprint density at radius 1 is 1.14 bits per heavy atom. The number of unbranched alkanes of at least 4 members (excludes halogenated alkanes) is 4. The van der Waals surface area contributed by atoms with Crippen LogP contribution >= 0.6 is 0 Å². The predicted octanol–water partition coefficient (Wildman–Crippen LogP) is 3.23. The van der Waals surface area contributed by atoms with E-state index >= 15 is 0 Å². The molecular weight excluding hydrogens is 176 g/mol. The smallest absolute Gasteiger partial charge is 0.154 e. The molecule has 1 N–H and O–H groups in total. The van der Waals surface area contributed by atoms with E-state index in [1.807, 2.05) is 0 Å². The van der Waals surface area contributed by atoms with Gasteiger partial charge in [-0.05, 0) is 25.7 Å². The van der Waals surface area contributed by atoms with Crippen molar-refractivity contribution in [1.29, 1.82) is 0 Å². The van der Waals surface area contributed by atoms with Crippen molar-refractivity contribution in [2.24, 2.45) is 0 Å². The Balaban J connectivity index is 1.95. The third kappa shape index (κ3) is 4.97. The summed E-state index contributed by atoms with van der Waals surface area (Å²) in [7, 11) is 0. The lowest BCUT2D eigenvalue weighted by Gasteiger charge is -2.26. The van der Waals surface area contributed by atoms with Gasteiger partial charge in [0.1, 0.15) is 0 Å². The second-order valence-corrected chi connectivity index (χ2v) is 4.35. The van der Waals surface area contributed by atoms with Gasteiger partial charge in [-0.3, -0.25) is 0 Å². The van der Waals surface area contributed by atoms with Crippen LogP contribution in [0.25, 0.3) is 0 Å². The van der Waals surface area contributed by atoms with E-state index < -0.39 is 6.29 Å². The van der Waals surface area contributed by atoms with Crippen molar-refractivity contribution >= 4 is 0 Å². The van der Waals surface area contributed by atoms with Crippen molar-refractivity contribution in [3.63, 3.8) is 0 Å². The van der Waals surface area contributed by atoms with E-state index in [4.69, 9.17) is 4.74 Å². The first-order valence-electron chi connectivity index (χ1n) is 6.16. The maximum atomic E-state index is 9.30. The summed E-state index contributed by atoms with van der Waals surface area (Å²) in [6.07, 6.45) is 10.7. The summed E-state index contributed by atoms with van der Waals surface area (Å²) in [5, 5.41) is 9.30. The van der Waals surface area contributed by atoms with Crippen LogP contribution in [-0.2, 0) is 4.74 Å². The van der Waals surface area contributed by atoms with Crippen molar-refractivity contribution in [2.75, 3.05) is 0 Å². The van der Waals surface area contributed by atoms with Gasteiger partial charge in [0.15, 0.2) is 6.29 Å². The van der Waals surface area contributed by atoms with Crippen LogP contribution in [0.3, 0.4) is 0 Å². The van der Waals surface area contributed by atoms with Crippen molar-refractivity contribution in [1.82, 2.24) is 0 Å². The van der Waals surface area contributed by atoms with Crippen LogP contribution in [0.1, 0.15) is 64.7 Å². The van der Waals surface area contributed by atoms with Crippen LogP contribution in [0.2, 0.25) is 0 Å². The molecule has 2 unspecified atom stereocenters. The molecule has 2 atom stereocenters. The first kappa shape index (κ1) is 12.0. The number of hydrogen-bond acceptors (Lipinski definition) is 2. The fourth-order valence-electron chi connectivity index (χ4n) is 2.07. The largest absolute Gasteiger partial charge is 0.368 e. The van der Waals surface area contributed by atoms with Gasteiger partial charge in [-0.15, -0.1) is 0 Å². The molecule has 1 fully saturated rings. The Morgan fingerprint density at radius 3 is 2.64 bits per heavy atom. The van der Waals surface area contributed by atoms with E-state index in [-0.39, 0.29) is 0 Å². The maximum Gasteiger partial charge on any atom is 0.154 e. The van der Waals surface area contributed by atoms with Gasteiger partial charge in [0.2, 0.25) is 0 Å². The molecule has 0 saturated carbocycles. The Kier molecular flexibility index (Phi) is 6.20. The van der Waals surface area contributed by atoms with Crippen molar-refractivity contribution in [2.45, 2.75) is 77.1 Å². The lowest BCUT2D eigenvalue weighted by Crippen LogP contribution is -2.27. The molecule has 1 aliphatic heterocycles. The summed E-state index contributed by atoms with van der Waals surface area (Å²) in [4.78, 5) is 0. The predicted molar refractivity (Wildman–Crippen MR) is 58.1 cm³/mol. The highest BCUT2D eigenvalue weighted by molar-refractivity contribution is 4.65. The quantitative estimate of drug-likeness (QED) is 0.667. The molecule has 0 aromatic heterocycles. The Morgan fingerprint density at radius 2 is 1.93 bits per heavy atom. The summed E-state index contributed by atoms with van der Waals surface area (Å²) in [6.45, 7) is 2.24. The first-order valence-corrected chi connectivity index (χ1v) is 6.16. The molecule has 0 radical (unpaired) electrons. The summed E-state index contributed by atoms with van der Waals surface area (Å²) >= 11 is 0. The number of aliphatic hydroxyl groups is 1. The highest BCUT2D eigenvalue weighted by Gasteiger charge is 2.19. The fourth-order valence-corrected chi connectivity index (χ4v) is 2.07. The van der Waals surface area contributed by atoms with Crippen LogP contribution in [0.15, 0.2) is 0 Å². The van der Waals surface area contributed by atoms with Gasteiger partial charge in [0.05, 0.1) is 6.10 Å². The van der Waals surface area contributed by atoms with Crippen LogP contribution in [0.5, 0.6) is 0 Å². The molecule has 14 heavy (non-hydrogen) atoms. The van der Waals surface area contributed by atoms with E-state index in [1.165, 1.54) is 32.1 Å². The summed E-state index contributed by atoms with van der Waals surface area (Å²) in [6, 6.07) is 0. The standard InChI is InChI=1S/C12H24O2/c1-2-3-4-5-6-8-11-9-7-10-12(13)14-11/h11-13H,2-10H2,1H3. The van der Waals surface area contributed by atoms with E-state index in [0.29, 0.717) is 6.10 Å². The topological polar surface area (TPSA) is 29.5 Å². The molecule has 0 bridgehead atoms. The van der Waals surface area contributed by atoms with Crippen LogP contribution in [-0.4, -0.2) is 17.5 Å². The van der Waals surface area contributed by atoms with Crippen molar-refractivity contribution in [3.05, 3.63) is 0 Å². The molecule has 0 amide bonds. The third-order valence-electron chi connectivity index (χ3n) is 2.96. The molecule has 0 spiro atoms. The van der Waals surface area contributed by atoms with Gasteiger partial charge in [0, 0.05) is 0 Å². The molecule has 2 heteroatoms. The van der Waals surface area contributed by atoms with Crippen LogP contribution in [0, 0.1) is 0 Å². The summed E-state index contributed by atoms with van der Waals surface area (Å²) in [5.41, 5.74) is 0. The summed E-state index contributed by atoms with van der Waals surface area (Å²) in [5.74, 6) is 0. The Hall–Kier alpha value is -0.0800.